The van der Waals surface area contributed by atoms with Gasteiger partial charge in [0.15, 0.2) is 0 Å². The van der Waals surface area contributed by atoms with Gasteiger partial charge in [-0.1, -0.05) is 24.1 Å². The molecule has 0 fully saturated rings. The van der Waals surface area contributed by atoms with E-state index in [1.54, 1.807) is 24.6 Å². The summed E-state index contributed by atoms with van der Waals surface area (Å²) >= 11 is 1.72. The molecule has 1 aliphatic heterocycles. The van der Waals surface area contributed by atoms with E-state index in [2.05, 4.69) is 69.9 Å². The molecule has 0 saturated heterocycles. The quantitative estimate of drug-likeness (QED) is 0.149. The molecule has 4 aromatic rings. The zero-order chi connectivity index (χ0) is 27.0. The lowest BCUT2D eigenvalue weighted by atomic mass is 9.94. The van der Waals surface area contributed by atoms with Crippen LogP contribution >= 0.6 is 11.3 Å². The van der Waals surface area contributed by atoms with Crippen LogP contribution < -0.4 is 9.47 Å². The van der Waals surface area contributed by atoms with E-state index in [-0.39, 0.29) is 5.92 Å². The van der Waals surface area contributed by atoms with Crippen LogP contribution in [0.25, 0.3) is 21.3 Å². The minimum Gasteiger partial charge on any atom is -0.490 e. The first-order valence-corrected chi connectivity index (χ1v) is 13.7. The van der Waals surface area contributed by atoms with Gasteiger partial charge >= 0.3 is 0 Å². The Balaban J connectivity index is 1.27. The average Bonchev–Trinajstić information content (AvgIpc) is 3.62. The van der Waals surface area contributed by atoms with Crippen LogP contribution in [-0.4, -0.2) is 37.6 Å². The molecule has 1 atom stereocenters. The number of benzene rings is 2. The molecule has 0 spiro atoms. The maximum Gasteiger partial charge on any atom is 0.138 e. The van der Waals surface area contributed by atoms with Crippen LogP contribution in [0.4, 0.5) is 0 Å². The number of methoxy groups -OCH3 is 1. The number of nitrogens with zero attached hydrogens (tertiary/aromatic N) is 4. The molecule has 7 nitrogen and oxygen atoms in total. The lowest BCUT2D eigenvalue weighted by Crippen LogP contribution is -2.07. The number of hydrogen-bond acceptors (Lipinski definition) is 8. The Morgan fingerprint density at radius 3 is 2.64 bits per heavy atom. The van der Waals surface area contributed by atoms with Crippen LogP contribution in [0.2, 0.25) is 0 Å². The van der Waals surface area contributed by atoms with Crippen molar-refractivity contribution in [3.05, 3.63) is 76.8 Å². The number of thiophene rings is 1. The number of fused-ring (bicyclic) bond motifs is 1. The second-order valence-electron chi connectivity index (χ2n) is 9.22. The summed E-state index contributed by atoms with van der Waals surface area (Å²) in [5.41, 5.74) is 6.35. The van der Waals surface area contributed by atoms with Crippen molar-refractivity contribution in [1.29, 1.82) is 0 Å². The zero-order valence-corrected chi connectivity index (χ0v) is 23.1. The smallest absolute Gasteiger partial charge is 0.138 e. The highest BCUT2D eigenvalue weighted by atomic mass is 32.1. The highest BCUT2D eigenvalue weighted by molar-refractivity contribution is 7.17. The highest BCUT2D eigenvalue weighted by Gasteiger charge is 2.15. The molecule has 0 unspecified atom stereocenters. The minimum absolute atomic E-state index is 0.0637. The summed E-state index contributed by atoms with van der Waals surface area (Å²) in [6, 6.07) is 16.7. The van der Waals surface area contributed by atoms with E-state index < -0.39 is 0 Å². The molecule has 0 aliphatic carbocycles. The lowest BCUT2D eigenvalue weighted by Gasteiger charge is -2.12. The number of aryl methyl sites for hydroxylation is 1. The molecule has 0 N–H and O–H groups in total. The monoisotopic (exact) mass is 538 g/mol. The molecule has 5 rings (SSSR count). The Labute approximate surface area is 232 Å². The molecule has 1 aliphatic rings. The van der Waals surface area contributed by atoms with Crippen molar-refractivity contribution in [2.75, 3.05) is 26.9 Å². The molecule has 0 amide bonds. The summed E-state index contributed by atoms with van der Waals surface area (Å²) in [5, 5.41) is 15.1. The molecule has 39 heavy (non-hydrogen) atoms. The number of rotatable bonds is 11. The number of hydrogen-bond donors (Lipinski definition) is 0. The van der Waals surface area contributed by atoms with Gasteiger partial charge in [0, 0.05) is 34.6 Å². The van der Waals surface area contributed by atoms with Crippen LogP contribution in [0.15, 0.2) is 75.5 Å². The summed E-state index contributed by atoms with van der Waals surface area (Å²) in [4.78, 5) is 4.72. The fraction of sp³-hybridized carbons (Fsp3) is 0.290. The third-order valence-electron chi connectivity index (χ3n) is 6.45. The summed E-state index contributed by atoms with van der Waals surface area (Å²) in [5.74, 6) is 7.95. The van der Waals surface area contributed by atoms with Gasteiger partial charge in [-0.25, -0.2) is 0 Å². The van der Waals surface area contributed by atoms with E-state index in [1.807, 2.05) is 25.1 Å². The lowest BCUT2D eigenvalue weighted by molar-refractivity contribution is 0.146. The van der Waals surface area contributed by atoms with Crippen LogP contribution in [0, 0.1) is 18.8 Å². The Bertz CT molecular complexity index is 1560. The summed E-state index contributed by atoms with van der Waals surface area (Å²) in [6.07, 6.45) is 2.51. The van der Waals surface area contributed by atoms with Crippen molar-refractivity contribution >= 4 is 27.1 Å². The van der Waals surface area contributed by atoms with Crippen molar-refractivity contribution in [3.63, 3.8) is 0 Å². The highest BCUT2D eigenvalue weighted by Crippen LogP contribution is 2.36. The summed E-state index contributed by atoms with van der Waals surface area (Å²) < 4.78 is 18.1. The maximum atomic E-state index is 6.15. The van der Waals surface area contributed by atoms with Crippen molar-refractivity contribution < 1.29 is 14.2 Å². The predicted octanol–water partition coefficient (Wildman–Crippen LogP) is 7.19. The van der Waals surface area contributed by atoms with E-state index in [0.717, 1.165) is 51.6 Å². The number of aromatic nitrogens is 1. The summed E-state index contributed by atoms with van der Waals surface area (Å²) in [6.45, 7) is 6.00. The Hall–Kier alpha value is -4.06. The SMILES string of the molecule is CC#C[C@@H](CC1=NN=NC1)c1ccc(OCc2ccc3scc(-c4ncc(OCCOC)cc4C)c3c2)cc1. The third kappa shape index (κ3) is 6.51. The second-order valence-corrected chi connectivity index (χ2v) is 10.1. The Morgan fingerprint density at radius 1 is 1.03 bits per heavy atom. The van der Waals surface area contributed by atoms with Gasteiger partial charge in [-0.05, 0) is 66.1 Å². The van der Waals surface area contributed by atoms with E-state index in [1.165, 1.54) is 10.1 Å². The van der Waals surface area contributed by atoms with Gasteiger partial charge in [-0.15, -0.1) is 22.4 Å². The van der Waals surface area contributed by atoms with Gasteiger partial charge in [0.05, 0.1) is 30.1 Å². The Kier molecular flexibility index (Phi) is 8.61. The molecule has 0 bridgehead atoms. The van der Waals surface area contributed by atoms with Gasteiger partial charge in [-0.2, -0.15) is 5.11 Å². The molecule has 2 aromatic carbocycles. The third-order valence-corrected chi connectivity index (χ3v) is 7.41. The predicted molar refractivity (Wildman–Crippen MR) is 156 cm³/mol. The van der Waals surface area contributed by atoms with Crippen LogP contribution in [0.1, 0.15) is 36.0 Å². The maximum absolute atomic E-state index is 6.15. The second kappa shape index (κ2) is 12.7. The van der Waals surface area contributed by atoms with E-state index in [0.29, 0.717) is 26.4 Å². The average molecular weight is 539 g/mol. The zero-order valence-electron chi connectivity index (χ0n) is 22.3. The molecule has 2 aromatic heterocycles. The largest absolute Gasteiger partial charge is 0.490 e. The Morgan fingerprint density at radius 2 is 1.90 bits per heavy atom. The number of pyridine rings is 1. The first-order chi connectivity index (χ1) is 19.1. The molecule has 0 saturated carbocycles. The van der Waals surface area contributed by atoms with Crippen molar-refractivity contribution in [1.82, 2.24) is 4.98 Å². The fourth-order valence-corrected chi connectivity index (χ4v) is 5.40. The molecule has 3 heterocycles. The van der Waals surface area contributed by atoms with Gasteiger partial charge in [0.1, 0.15) is 31.3 Å². The van der Waals surface area contributed by atoms with E-state index in [4.69, 9.17) is 19.2 Å². The van der Waals surface area contributed by atoms with Crippen molar-refractivity contribution in [2.45, 2.75) is 32.8 Å². The molecule has 8 heteroatoms. The van der Waals surface area contributed by atoms with Crippen LogP contribution in [-0.2, 0) is 11.3 Å². The van der Waals surface area contributed by atoms with Crippen LogP contribution in [0.3, 0.4) is 0 Å². The van der Waals surface area contributed by atoms with Gasteiger partial charge < -0.3 is 14.2 Å². The van der Waals surface area contributed by atoms with Gasteiger partial charge in [0.25, 0.3) is 0 Å². The molecular weight excluding hydrogens is 508 g/mol. The molecular formula is C31H30N4O3S. The van der Waals surface area contributed by atoms with Gasteiger partial charge in [0.2, 0.25) is 0 Å². The molecule has 198 valence electrons. The minimum atomic E-state index is 0.0637. The standard InChI is InChI=1S/C31H30N4O3S/c1-4-5-24(16-25-17-33-35-34-25)23-7-9-26(10-8-23)38-19-22-6-11-30-28(15-22)29(20-39-30)31-21(2)14-27(18-32-31)37-13-12-36-3/h6-11,14-15,18,20,24H,12-13,16-17,19H2,1-3H3/t24-/m0/s1. The fourth-order valence-electron chi connectivity index (χ4n) is 4.47. The van der Waals surface area contributed by atoms with Crippen molar-refractivity contribution in [2.24, 2.45) is 15.4 Å². The van der Waals surface area contributed by atoms with E-state index in [9.17, 15) is 0 Å². The van der Waals surface area contributed by atoms with Crippen LogP contribution in [0.5, 0.6) is 11.5 Å². The summed E-state index contributed by atoms with van der Waals surface area (Å²) in [7, 11) is 1.66. The first kappa shape index (κ1) is 26.5. The van der Waals surface area contributed by atoms with E-state index >= 15 is 0 Å². The normalized spacial score (nSPS) is 13.2. The topological polar surface area (TPSA) is 77.7 Å². The first-order valence-electron chi connectivity index (χ1n) is 12.8. The van der Waals surface area contributed by atoms with Crippen molar-refractivity contribution in [3.8, 4) is 34.6 Å². The van der Waals surface area contributed by atoms with Gasteiger partial charge in [-0.3, -0.25) is 4.98 Å². The number of ether oxygens (including phenoxy) is 3. The molecule has 0 radical (unpaired) electrons.